The predicted molar refractivity (Wildman–Crippen MR) is 84.5 cm³/mol. The summed E-state index contributed by atoms with van der Waals surface area (Å²) < 4.78 is 31.9. The van der Waals surface area contributed by atoms with Gasteiger partial charge >= 0.3 is 0 Å². The van der Waals surface area contributed by atoms with Gasteiger partial charge in [-0.2, -0.15) is 4.31 Å². The largest absolute Gasteiger partial charge is 0.447 e. The molecular weight excluding hydrogens is 288 g/mol. The van der Waals surface area contributed by atoms with E-state index in [0.29, 0.717) is 12.3 Å². The molecule has 122 valence electrons. The number of furan rings is 1. The van der Waals surface area contributed by atoms with Gasteiger partial charge in [0.25, 0.3) is 10.0 Å². The van der Waals surface area contributed by atoms with Crippen molar-refractivity contribution < 1.29 is 12.8 Å². The highest BCUT2D eigenvalue weighted by Crippen LogP contribution is 2.22. The van der Waals surface area contributed by atoms with Crippen LogP contribution < -0.4 is 5.32 Å². The summed E-state index contributed by atoms with van der Waals surface area (Å²) in [6.45, 7) is 12.5. The smallest absolute Gasteiger partial charge is 0.276 e. The third kappa shape index (κ3) is 4.83. The van der Waals surface area contributed by atoms with Crippen LogP contribution in [0.15, 0.2) is 21.6 Å². The van der Waals surface area contributed by atoms with Gasteiger partial charge in [-0.3, -0.25) is 0 Å². The first-order chi connectivity index (χ1) is 9.45. The zero-order valence-electron chi connectivity index (χ0n) is 14.1. The van der Waals surface area contributed by atoms with Gasteiger partial charge in [-0.15, -0.1) is 0 Å². The Morgan fingerprint density at radius 3 is 2.29 bits per heavy atom. The molecule has 0 bridgehead atoms. The molecule has 6 heteroatoms. The molecule has 0 amide bonds. The van der Waals surface area contributed by atoms with Crippen molar-refractivity contribution in [3.8, 4) is 0 Å². The van der Waals surface area contributed by atoms with Gasteiger partial charge in [0.05, 0.1) is 6.54 Å². The maximum absolute atomic E-state index is 12.5. The van der Waals surface area contributed by atoms with E-state index < -0.39 is 10.0 Å². The summed E-state index contributed by atoms with van der Waals surface area (Å²) >= 11 is 0. The topological polar surface area (TPSA) is 62.6 Å². The highest BCUT2D eigenvalue weighted by atomic mass is 32.2. The molecule has 1 N–H and O–H groups in total. The van der Waals surface area contributed by atoms with Crippen LogP contribution in [-0.4, -0.2) is 31.4 Å². The van der Waals surface area contributed by atoms with Gasteiger partial charge in [0.15, 0.2) is 0 Å². The highest BCUT2D eigenvalue weighted by molar-refractivity contribution is 7.89. The van der Waals surface area contributed by atoms with Crippen molar-refractivity contribution in [2.75, 3.05) is 7.05 Å². The lowest BCUT2D eigenvalue weighted by Gasteiger charge is -2.26. The van der Waals surface area contributed by atoms with Crippen LogP contribution in [0.1, 0.15) is 47.3 Å². The first kappa shape index (κ1) is 18.2. The molecule has 5 nitrogen and oxygen atoms in total. The first-order valence-electron chi connectivity index (χ1n) is 7.27. The first-order valence-corrected chi connectivity index (χ1v) is 8.71. The van der Waals surface area contributed by atoms with Crippen molar-refractivity contribution in [3.63, 3.8) is 0 Å². The Hall–Kier alpha value is -0.850. The van der Waals surface area contributed by atoms with E-state index in [1.54, 1.807) is 13.1 Å². The summed E-state index contributed by atoms with van der Waals surface area (Å²) in [6, 6.07) is 3.15. The van der Waals surface area contributed by atoms with Gasteiger partial charge in [0.1, 0.15) is 5.76 Å². The van der Waals surface area contributed by atoms with Gasteiger partial charge < -0.3 is 9.73 Å². The Morgan fingerprint density at radius 2 is 1.81 bits per heavy atom. The second kappa shape index (κ2) is 6.50. The van der Waals surface area contributed by atoms with Crippen molar-refractivity contribution in [1.29, 1.82) is 0 Å². The summed E-state index contributed by atoms with van der Waals surface area (Å²) in [4.78, 5) is 0. The summed E-state index contributed by atoms with van der Waals surface area (Å²) in [7, 11) is -1.98. The van der Waals surface area contributed by atoms with Gasteiger partial charge in [-0.25, -0.2) is 8.42 Å². The van der Waals surface area contributed by atoms with Crippen LogP contribution in [0.5, 0.6) is 0 Å². The van der Waals surface area contributed by atoms with Gasteiger partial charge in [-0.1, -0.05) is 13.8 Å². The molecule has 0 aliphatic heterocycles. The molecule has 1 aromatic rings. The zero-order valence-corrected chi connectivity index (χ0v) is 14.9. The molecule has 1 atom stereocenters. The van der Waals surface area contributed by atoms with Crippen LogP contribution in [0, 0.1) is 5.92 Å². The maximum Gasteiger partial charge on any atom is 0.276 e. The van der Waals surface area contributed by atoms with Gasteiger partial charge in [0.2, 0.25) is 5.09 Å². The molecule has 0 aliphatic carbocycles. The van der Waals surface area contributed by atoms with Crippen molar-refractivity contribution in [2.24, 2.45) is 5.92 Å². The van der Waals surface area contributed by atoms with Crippen LogP contribution in [0.25, 0.3) is 0 Å². The van der Waals surface area contributed by atoms with Crippen LogP contribution in [0.2, 0.25) is 0 Å². The molecular formula is C15H28N2O3S. The average Bonchev–Trinajstić information content (AvgIpc) is 2.83. The average molecular weight is 316 g/mol. The minimum absolute atomic E-state index is 0.00297. The number of nitrogens with one attached hydrogen (secondary N) is 1. The van der Waals surface area contributed by atoms with Crippen LogP contribution >= 0.6 is 0 Å². The molecule has 1 heterocycles. The fraction of sp³-hybridized carbons (Fsp3) is 0.733. The van der Waals surface area contributed by atoms with Crippen molar-refractivity contribution in [1.82, 2.24) is 9.62 Å². The van der Waals surface area contributed by atoms with E-state index in [2.05, 4.69) is 5.32 Å². The monoisotopic (exact) mass is 316 g/mol. The molecule has 1 unspecified atom stereocenters. The molecule has 21 heavy (non-hydrogen) atoms. The molecule has 0 aliphatic rings. The highest BCUT2D eigenvalue weighted by Gasteiger charge is 2.29. The molecule has 1 aromatic heterocycles. The summed E-state index contributed by atoms with van der Waals surface area (Å²) in [6.07, 6.45) is 0. The Kier molecular flexibility index (Phi) is 5.63. The van der Waals surface area contributed by atoms with E-state index in [4.69, 9.17) is 4.42 Å². The van der Waals surface area contributed by atoms with Crippen LogP contribution in [-0.2, 0) is 16.6 Å². The minimum Gasteiger partial charge on any atom is -0.447 e. The van der Waals surface area contributed by atoms with Gasteiger partial charge in [-0.05, 0) is 45.7 Å². The summed E-state index contributed by atoms with van der Waals surface area (Å²) in [5.74, 6) is 0.857. The van der Waals surface area contributed by atoms with Crippen LogP contribution in [0.4, 0.5) is 0 Å². The Bertz CT molecular complexity index is 556. The van der Waals surface area contributed by atoms with Crippen molar-refractivity contribution >= 4 is 10.0 Å². The van der Waals surface area contributed by atoms with E-state index in [-0.39, 0.29) is 22.6 Å². The van der Waals surface area contributed by atoms with E-state index in [1.165, 1.54) is 10.4 Å². The quantitative estimate of drug-likeness (QED) is 0.876. The molecule has 0 aromatic carbocycles. The second-order valence-corrected chi connectivity index (χ2v) is 8.76. The summed E-state index contributed by atoms with van der Waals surface area (Å²) in [5, 5.41) is 3.27. The zero-order chi connectivity index (χ0) is 16.4. The standard InChI is InChI=1S/C15H28N2O3S/c1-11(2)12(3)17(7)21(18,19)14-9-8-13(20-14)10-16-15(4,5)6/h8-9,11-12,16H,10H2,1-7H3. The molecule has 0 saturated carbocycles. The van der Waals surface area contributed by atoms with Crippen LogP contribution in [0.3, 0.4) is 0 Å². The van der Waals surface area contributed by atoms with E-state index in [9.17, 15) is 8.42 Å². The Labute approximate surface area is 128 Å². The molecule has 0 radical (unpaired) electrons. The predicted octanol–water partition coefficient (Wildman–Crippen LogP) is 2.83. The Morgan fingerprint density at radius 1 is 1.24 bits per heavy atom. The normalized spacial score (nSPS) is 14.9. The van der Waals surface area contributed by atoms with E-state index in [1.807, 2.05) is 41.5 Å². The summed E-state index contributed by atoms with van der Waals surface area (Å²) in [5.41, 5.74) is -0.0468. The van der Waals surface area contributed by atoms with Crippen molar-refractivity contribution in [3.05, 3.63) is 17.9 Å². The lowest BCUT2D eigenvalue weighted by molar-refractivity contribution is 0.301. The minimum atomic E-state index is -3.58. The number of hydrogen-bond donors (Lipinski definition) is 1. The lowest BCUT2D eigenvalue weighted by Crippen LogP contribution is -2.38. The van der Waals surface area contributed by atoms with E-state index >= 15 is 0 Å². The van der Waals surface area contributed by atoms with Gasteiger partial charge in [0, 0.05) is 18.6 Å². The third-order valence-corrected chi connectivity index (χ3v) is 5.42. The van der Waals surface area contributed by atoms with Crippen molar-refractivity contribution in [2.45, 2.75) is 64.8 Å². The SMILES string of the molecule is CC(C)C(C)N(C)S(=O)(=O)c1ccc(CNC(C)(C)C)o1. The number of rotatable bonds is 6. The fourth-order valence-corrected chi connectivity index (χ4v) is 3.14. The second-order valence-electron chi connectivity index (χ2n) is 6.83. The number of sulfonamides is 1. The molecule has 0 fully saturated rings. The number of nitrogens with zero attached hydrogens (tertiary/aromatic N) is 1. The molecule has 1 rings (SSSR count). The third-order valence-electron chi connectivity index (χ3n) is 3.60. The van der Waals surface area contributed by atoms with E-state index in [0.717, 1.165) is 0 Å². The number of hydrogen-bond acceptors (Lipinski definition) is 4. The fourth-order valence-electron chi connectivity index (χ4n) is 1.72. The molecule has 0 saturated heterocycles. The maximum atomic E-state index is 12.5. The molecule has 0 spiro atoms. The lowest BCUT2D eigenvalue weighted by atomic mass is 10.1. The Balaban J connectivity index is 2.88.